The zero-order valence-corrected chi connectivity index (χ0v) is 14.6. The van der Waals surface area contributed by atoms with E-state index in [1.807, 2.05) is 12.1 Å². The molecule has 0 saturated carbocycles. The Morgan fingerprint density at radius 3 is 2.58 bits per heavy atom. The summed E-state index contributed by atoms with van der Waals surface area (Å²) in [5.74, 6) is 0.873. The van der Waals surface area contributed by atoms with Crippen molar-refractivity contribution < 1.29 is 4.74 Å². The lowest BCUT2D eigenvalue weighted by Crippen LogP contribution is -2.19. The van der Waals surface area contributed by atoms with E-state index >= 15 is 0 Å². The van der Waals surface area contributed by atoms with Crippen molar-refractivity contribution in [3.63, 3.8) is 0 Å². The Balaban J connectivity index is 1.99. The van der Waals surface area contributed by atoms with Gasteiger partial charge >= 0.3 is 0 Å². The molecule has 0 bridgehead atoms. The smallest absolute Gasteiger partial charge is 0.118 e. The van der Waals surface area contributed by atoms with Crippen LogP contribution in [0.25, 0.3) is 0 Å². The fraction of sp³-hybridized carbons (Fsp3) is 0.350. The molecule has 4 heteroatoms. The first kappa shape index (κ1) is 16.5. The van der Waals surface area contributed by atoms with Gasteiger partial charge in [-0.05, 0) is 61.7 Å². The summed E-state index contributed by atoms with van der Waals surface area (Å²) in [4.78, 5) is 0. The minimum absolute atomic E-state index is 0.206. The molecule has 0 spiro atoms. The predicted molar refractivity (Wildman–Crippen MR) is 99.9 cm³/mol. The van der Waals surface area contributed by atoms with Gasteiger partial charge in [0.15, 0.2) is 0 Å². The Kier molecular flexibility index (Phi) is 4.86. The molecule has 1 aliphatic rings. The second-order valence-electron chi connectivity index (χ2n) is 6.26. The number of aryl methyl sites for hydroxylation is 1. The van der Waals surface area contributed by atoms with Crippen molar-refractivity contribution in [1.82, 2.24) is 0 Å². The van der Waals surface area contributed by atoms with Crippen LogP contribution in [0.1, 0.15) is 35.6 Å². The first-order valence-corrected chi connectivity index (χ1v) is 8.40. The van der Waals surface area contributed by atoms with Crippen molar-refractivity contribution >= 4 is 11.4 Å². The van der Waals surface area contributed by atoms with Gasteiger partial charge in [-0.3, -0.25) is 5.01 Å². The van der Waals surface area contributed by atoms with E-state index in [4.69, 9.17) is 15.6 Å². The SMILES string of the molecule is COc1ccc(C2CC(CCN)=NN2c2cccc(C)c2C)cc1. The molecule has 1 heterocycles. The highest BCUT2D eigenvalue weighted by Gasteiger charge is 2.29. The molecule has 1 atom stereocenters. The summed E-state index contributed by atoms with van der Waals surface area (Å²) in [5, 5.41) is 7.05. The number of hydrazone groups is 1. The van der Waals surface area contributed by atoms with Gasteiger partial charge in [0.05, 0.1) is 18.8 Å². The average Bonchev–Trinajstić information content (AvgIpc) is 3.01. The number of hydrogen-bond donors (Lipinski definition) is 1. The third-order valence-electron chi connectivity index (χ3n) is 4.73. The van der Waals surface area contributed by atoms with Crippen LogP contribution < -0.4 is 15.5 Å². The normalized spacial score (nSPS) is 17.1. The first-order chi connectivity index (χ1) is 11.6. The minimum Gasteiger partial charge on any atom is -0.497 e. The van der Waals surface area contributed by atoms with Gasteiger partial charge in [-0.1, -0.05) is 24.3 Å². The molecule has 1 unspecified atom stereocenters. The molecular formula is C20H25N3O. The number of nitrogens with two attached hydrogens (primary N) is 1. The fourth-order valence-corrected chi connectivity index (χ4v) is 3.18. The van der Waals surface area contributed by atoms with Crippen LogP contribution in [0.2, 0.25) is 0 Å². The Morgan fingerprint density at radius 2 is 1.92 bits per heavy atom. The molecule has 4 nitrogen and oxygen atoms in total. The van der Waals surface area contributed by atoms with E-state index in [0.717, 1.165) is 18.6 Å². The van der Waals surface area contributed by atoms with Crippen molar-refractivity contribution in [1.29, 1.82) is 0 Å². The number of methoxy groups -OCH3 is 1. The average molecular weight is 323 g/mol. The number of nitrogens with zero attached hydrogens (tertiary/aromatic N) is 2. The molecule has 126 valence electrons. The minimum atomic E-state index is 0.206. The number of ether oxygens (including phenoxy) is 1. The van der Waals surface area contributed by atoms with Crippen LogP contribution in [0.4, 0.5) is 5.69 Å². The maximum atomic E-state index is 5.75. The van der Waals surface area contributed by atoms with Crippen LogP contribution in [-0.4, -0.2) is 19.4 Å². The number of anilines is 1. The van der Waals surface area contributed by atoms with Crippen LogP contribution in [0.15, 0.2) is 47.6 Å². The summed E-state index contributed by atoms with van der Waals surface area (Å²) >= 11 is 0. The first-order valence-electron chi connectivity index (χ1n) is 8.40. The summed E-state index contributed by atoms with van der Waals surface area (Å²) in [6.45, 7) is 4.93. The summed E-state index contributed by atoms with van der Waals surface area (Å²) in [5.41, 5.74) is 11.9. The van der Waals surface area contributed by atoms with Crippen LogP contribution in [-0.2, 0) is 0 Å². The maximum absolute atomic E-state index is 5.75. The zero-order chi connectivity index (χ0) is 17.1. The molecular weight excluding hydrogens is 298 g/mol. The summed E-state index contributed by atoms with van der Waals surface area (Å²) in [6.07, 6.45) is 1.75. The lowest BCUT2D eigenvalue weighted by atomic mass is 9.99. The molecule has 3 rings (SSSR count). The van der Waals surface area contributed by atoms with Gasteiger partial charge in [-0.25, -0.2) is 0 Å². The van der Waals surface area contributed by atoms with E-state index < -0.39 is 0 Å². The van der Waals surface area contributed by atoms with E-state index in [1.54, 1.807) is 7.11 Å². The van der Waals surface area contributed by atoms with Crippen LogP contribution in [0.5, 0.6) is 5.75 Å². The van der Waals surface area contributed by atoms with Crippen LogP contribution >= 0.6 is 0 Å². The molecule has 2 N–H and O–H groups in total. The second kappa shape index (κ2) is 7.05. The zero-order valence-electron chi connectivity index (χ0n) is 14.6. The van der Waals surface area contributed by atoms with E-state index in [0.29, 0.717) is 6.54 Å². The van der Waals surface area contributed by atoms with E-state index in [1.165, 1.54) is 28.1 Å². The third kappa shape index (κ3) is 3.15. The molecule has 0 amide bonds. The van der Waals surface area contributed by atoms with Crippen molar-refractivity contribution in [2.45, 2.75) is 32.7 Å². The van der Waals surface area contributed by atoms with E-state index in [2.05, 4.69) is 49.2 Å². The van der Waals surface area contributed by atoms with Gasteiger partial charge in [0, 0.05) is 12.1 Å². The molecule has 1 aliphatic heterocycles. The van der Waals surface area contributed by atoms with Gasteiger partial charge in [0.25, 0.3) is 0 Å². The molecule has 0 aliphatic carbocycles. The van der Waals surface area contributed by atoms with Crippen LogP contribution in [0, 0.1) is 13.8 Å². The Hall–Kier alpha value is -2.33. The topological polar surface area (TPSA) is 50.9 Å². The second-order valence-corrected chi connectivity index (χ2v) is 6.26. The van der Waals surface area contributed by atoms with E-state index in [-0.39, 0.29) is 6.04 Å². The molecule has 0 radical (unpaired) electrons. The van der Waals surface area contributed by atoms with Crippen LogP contribution in [0.3, 0.4) is 0 Å². The Bertz CT molecular complexity index is 737. The van der Waals surface area contributed by atoms with Gasteiger partial charge in [0.1, 0.15) is 5.75 Å². The van der Waals surface area contributed by atoms with Crippen molar-refractivity contribution in [3.05, 3.63) is 59.2 Å². The predicted octanol–water partition coefficient (Wildman–Crippen LogP) is 3.97. The summed E-state index contributed by atoms with van der Waals surface area (Å²) < 4.78 is 5.28. The molecule has 2 aromatic carbocycles. The van der Waals surface area contributed by atoms with Crippen molar-refractivity contribution in [3.8, 4) is 5.75 Å². The highest BCUT2D eigenvalue weighted by Crippen LogP contribution is 2.38. The molecule has 24 heavy (non-hydrogen) atoms. The fourth-order valence-electron chi connectivity index (χ4n) is 3.18. The third-order valence-corrected chi connectivity index (χ3v) is 4.73. The molecule has 0 saturated heterocycles. The number of rotatable bonds is 5. The van der Waals surface area contributed by atoms with Gasteiger partial charge in [-0.2, -0.15) is 5.10 Å². The highest BCUT2D eigenvalue weighted by molar-refractivity contribution is 5.89. The van der Waals surface area contributed by atoms with Crippen molar-refractivity contribution in [2.75, 3.05) is 18.7 Å². The number of benzene rings is 2. The highest BCUT2D eigenvalue weighted by atomic mass is 16.5. The quantitative estimate of drug-likeness (QED) is 0.906. The number of hydrogen-bond acceptors (Lipinski definition) is 4. The van der Waals surface area contributed by atoms with Gasteiger partial charge in [-0.15, -0.1) is 0 Å². The van der Waals surface area contributed by atoms with Gasteiger partial charge in [0.2, 0.25) is 0 Å². The van der Waals surface area contributed by atoms with Gasteiger partial charge < -0.3 is 10.5 Å². The Labute approximate surface area is 143 Å². The van der Waals surface area contributed by atoms with E-state index in [9.17, 15) is 0 Å². The summed E-state index contributed by atoms with van der Waals surface area (Å²) in [6, 6.07) is 14.9. The van der Waals surface area contributed by atoms with Crippen molar-refractivity contribution in [2.24, 2.45) is 10.8 Å². The Morgan fingerprint density at radius 1 is 1.17 bits per heavy atom. The standard InChI is InChI=1S/C20H25N3O/c1-14-5-4-6-19(15(14)2)23-20(13-17(22-23)11-12-21)16-7-9-18(24-3)10-8-16/h4-10,20H,11-13,21H2,1-3H3. The lowest BCUT2D eigenvalue weighted by molar-refractivity contribution is 0.414. The lowest BCUT2D eigenvalue weighted by Gasteiger charge is -2.26. The molecule has 2 aromatic rings. The monoisotopic (exact) mass is 323 g/mol. The maximum Gasteiger partial charge on any atom is 0.118 e. The largest absolute Gasteiger partial charge is 0.497 e. The molecule has 0 aromatic heterocycles. The summed E-state index contributed by atoms with van der Waals surface area (Å²) in [7, 11) is 1.69. The molecule has 0 fully saturated rings.